The lowest BCUT2D eigenvalue weighted by atomic mass is 9.80. The normalized spacial score (nSPS) is 23.5. The summed E-state index contributed by atoms with van der Waals surface area (Å²) in [4.78, 5) is 14.4. The SMILES string of the molecule is CCC(C(=O)N(C)CC1CC(N)C1)c1ccccc1. The van der Waals surface area contributed by atoms with Gasteiger partial charge in [-0.05, 0) is 30.7 Å². The average Bonchev–Trinajstić information content (AvgIpc) is 2.39. The van der Waals surface area contributed by atoms with Crippen LogP contribution < -0.4 is 5.73 Å². The van der Waals surface area contributed by atoms with Crippen LogP contribution >= 0.6 is 0 Å². The van der Waals surface area contributed by atoms with Gasteiger partial charge < -0.3 is 10.6 Å². The minimum absolute atomic E-state index is 0.0139. The van der Waals surface area contributed by atoms with Crippen LogP contribution in [0.15, 0.2) is 30.3 Å². The van der Waals surface area contributed by atoms with Gasteiger partial charge in [-0.3, -0.25) is 4.79 Å². The molecule has 1 atom stereocenters. The van der Waals surface area contributed by atoms with Gasteiger partial charge in [0.05, 0.1) is 5.92 Å². The lowest BCUT2D eigenvalue weighted by Crippen LogP contribution is -2.44. The summed E-state index contributed by atoms with van der Waals surface area (Å²) >= 11 is 0. The first-order valence-corrected chi connectivity index (χ1v) is 7.17. The van der Waals surface area contributed by atoms with E-state index in [9.17, 15) is 4.79 Å². The van der Waals surface area contributed by atoms with Crippen LogP contribution in [-0.4, -0.2) is 30.4 Å². The number of hydrogen-bond acceptors (Lipinski definition) is 2. The van der Waals surface area contributed by atoms with Crippen molar-refractivity contribution in [2.24, 2.45) is 11.7 Å². The average molecular weight is 260 g/mol. The Morgan fingerprint density at radius 2 is 2.00 bits per heavy atom. The van der Waals surface area contributed by atoms with E-state index in [1.165, 1.54) is 0 Å². The summed E-state index contributed by atoms with van der Waals surface area (Å²) in [6.45, 7) is 2.92. The number of nitrogens with zero attached hydrogens (tertiary/aromatic N) is 1. The summed E-state index contributed by atoms with van der Waals surface area (Å²) in [5.74, 6) is 0.811. The molecular weight excluding hydrogens is 236 g/mol. The molecule has 0 bridgehead atoms. The third-order valence-electron chi connectivity index (χ3n) is 4.09. The molecule has 3 nitrogen and oxygen atoms in total. The molecule has 0 heterocycles. The summed E-state index contributed by atoms with van der Waals surface area (Å²) in [5, 5.41) is 0. The molecule has 1 fully saturated rings. The third kappa shape index (κ3) is 3.35. The molecule has 19 heavy (non-hydrogen) atoms. The van der Waals surface area contributed by atoms with Crippen LogP contribution in [0.3, 0.4) is 0 Å². The maximum absolute atomic E-state index is 12.5. The van der Waals surface area contributed by atoms with Gasteiger partial charge in [-0.1, -0.05) is 37.3 Å². The quantitative estimate of drug-likeness (QED) is 0.883. The molecule has 0 aliphatic heterocycles. The van der Waals surface area contributed by atoms with Gasteiger partial charge in [-0.25, -0.2) is 0 Å². The maximum atomic E-state index is 12.5. The number of rotatable bonds is 5. The predicted molar refractivity (Wildman–Crippen MR) is 77.8 cm³/mol. The first-order valence-electron chi connectivity index (χ1n) is 7.17. The first-order chi connectivity index (χ1) is 9.11. The fraction of sp³-hybridized carbons (Fsp3) is 0.562. The summed E-state index contributed by atoms with van der Waals surface area (Å²) in [7, 11) is 1.91. The second-order valence-electron chi connectivity index (χ2n) is 5.69. The van der Waals surface area contributed by atoms with E-state index >= 15 is 0 Å². The number of nitrogens with two attached hydrogens (primary N) is 1. The lowest BCUT2D eigenvalue weighted by Gasteiger charge is -2.36. The van der Waals surface area contributed by atoms with E-state index in [4.69, 9.17) is 5.73 Å². The fourth-order valence-corrected chi connectivity index (χ4v) is 2.92. The van der Waals surface area contributed by atoms with Crippen molar-refractivity contribution < 1.29 is 4.79 Å². The Balaban J connectivity index is 1.96. The standard InChI is InChI=1S/C16H24N2O/c1-3-15(13-7-5-4-6-8-13)16(19)18(2)11-12-9-14(17)10-12/h4-8,12,14-15H,3,9-11,17H2,1-2H3. The summed E-state index contributed by atoms with van der Waals surface area (Å²) in [6, 6.07) is 10.4. The van der Waals surface area contributed by atoms with Gasteiger partial charge >= 0.3 is 0 Å². The zero-order chi connectivity index (χ0) is 13.8. The molecule has 1 aliphatic carbocycles. The van der Waals surface area contributed by atoms with Crippen LogP contribution in [0.2, 0.25) is 0 Å². The topological polar surface area (TPSA) is 46.3 Å². The van der Waals surface area contributed by atoms with E-state index in [1.54, 1.807) is 0 Å². The molecule has 0 saturated heterocycles. The molecular formula is C16H24N2O. The number of hydrogen-bond donors (Lipinski definition) is 1. The Labute approximate surface area is 115 Å². The molecule has 2 N–H and O–H groups in total. The zero-order valence-electron chi connectivity index (χ0n) is 11.9. The van der Waals surface area contributed by atoms with E-state index in [-0.39, 0.29) is 11.8 Å². The van der Waals surface area contributed by atoms with Crippen molar-refractivity contribution in [3.05, 3.63) is 35.9 Å². The molecule has 1 saturated carbocycles. The van der Waals surface area contributed by atoms with Gasteiger partial charge in [0.2, 0.25) is 5.91 Å². The minimum atomic E-state index is -0.0139. The first kappa shape index (κ1) is 14.1. The Morgan fingerprint density at radius 1 is 1.37 bits per heavy atom. The second-order valence-corrected chi connectivity index (χ2v) is 5.69. The van der Waals surface area contributed by atoms with Crippen molar-refractivity contribution in [2.45, 2.75) is 38.1 Å². The Kier molecular flexibility index (Phi) is 4.59. The van der Waals surface area contributed by atoms with E-state index in [0.717, 1.165) is 31.4 Å². The van der Waals surface area contributed by atoms with E-state index in [2.05, 4.69) is 6.92 Å². The highest BCUT2D eigenvalue weighted by Crippen LogP contribution is 2.28. The van der Waals surface area contributed by atoms with Gasteiger partial charge in [0.1, 0.15) is 0 Å². The molecule has 104 valence electrons. The maximum Gasteiger partial charge on any atom is 0.229 e. The summed E-state index contributed by atoms with van der Waals surface area (Å²) in [6.07, 6.45) is 2.96. The Morgan fingerprint density at radius 3 is 2.53 bits per heavy atom. The van der Waals surface area contributed by atoms with Crippen LogP contribution in [0.4, 0.5) is 0 Å². The zero-order valence-corrected chi connectivity index (χ0v) is 11.9. The summed E-state index contributed by atoms with van der Waals surface area (Å²) < 4.78 is 0. The van der Waals surface area contributed by atoms with Gasteiger partial charge in [-0.2, -0.15) is 0 Å². The van der Waals surface area contributed by atoms with Crippen LogP contribution in [0.25, 0.3) is 0 Å². The van der Waals surface area contributed by atoms with Crippen molar-refractivity contribution in [3.8, 4) is 0 Å². The number of benzene rings is 1. The molecule has 0 radical (unpaired) electrons. The van der Waals surface area contributed by atoms with Gasteiger partial charge in [0.15, 0.2) is 0 Å². The molecule has 3 heteroatoms. The molecule has 0 aromatic heterocycles. The highest BCUT2D eigenvalue weighted by atomic mass is 16.2. The monoisotopic (exact) mass is 260 g/mol. The van der Waals surface area contributed by atoms with Crippen molar-refractivity contribution in [1.82, 2.24) is 4.90 Å². The van der Waals surface area contributed by atoms with Crippen molar-refractivity contribution in [2.75, 3.05) is 13.6 Å². The van der Waals surface area contributed by atoms with Crippen LogP contribution in [0, 0.1) is 5.92 Å². The van der Waals surface area contributed by atoms with Crippen molar-refractivity contribution >= 4 is 5.91 Å². The second kappa shape index (κ2) is 6.20. The predicted octanol–water partition coefficient (Wildman–Crippen LogP) is 2.38. The van der Waals surface area contributed by atoms with Crippen molar-refractivity contribution in [3.63, 3.8) is 0 Å². The number of carbonyl (C=O) groups excluding carboxylic acids is 1. The molecule has 1 aliphatic rings. The highest BCUT2D eigenvalue weighted by molar-refractivity contribution is 5.83. The largest absolute Gasteiger partial charge is 0.345 e. The molecule has 1 unspecified atom stereocenters. The van der Waals surface area contributed by atoms with E-state index in [0.29, 0.717) is 12.0 Å². The number of carbonyl (C=O) groups is 1. The van der Waals surface area contributed by atoms with Gasteiger partial charge in [0.25, 0.3) is 0 Å². The van der Waals surface area contributed by atoms with Crippen molar-refractivity contribution in [1.29, 1.82) is 0 Å². The number of likely N-dealkylation sites (N-methyl/N-ethyl adjacent to an activating group) is 1. The van der Waals surface area contributed by atoms with Crippen LogP contribution in [-0.2, 0) is 4.79 Å². The van der Waals surface area contributed by atoms with E-state index in [1.807, 2.05) is 42.3 Å². The van der Waals surface area contributed by atoms with Crippen LogP contribution in [0.5, 0.6) is 0 Å². The van der Waals surface area contributed by atoms with Gasteiger partial charge in [-0.15, -0.1) is 0 Å². The third-order valence-corrected chi connectivity index (χ3v) is 4.09. The molecule has 1 aromatic carbocycles. The van der Waals surface area contributed by atoms with Gasteiger partial charge in [0, 0.05) is 19.6 Å². The lowest BCUT2D eigenvalue weighted by molar-refractivity contribution is -0.132. The molecule has 2 rings (SSSR count). The smallest absolute Gasteiger partial charge is 0.229 e. The molecule has 0 spiro atoms. The van der Waals surface area contributed by atoms with Crippen LogP contribution in [0.1, 0.15) is 37.7 Å². The minimum Gasteiger partial charge on any atom is -0.345 e. The van der Waals surface area contributed by atoms with E-state index < -0.39 is 0 Å². The number of amides is 1. The molecule has 1 aromatic rings. The highest BCUT2D eigenvalue weighted by Gasteiger charge is 2.30. The Hall–Kier alpha value is -1.35. The Bertz CT molecular complexity index is 412. The fourth-order valence-electron chi connectivity index (χ4n) is 2.92. The molecule has 1 amide bonds. The summed E-state index contributed by atoms with van der Waals surface area (Å²) in [5.41, 5.74) is 6.91.